The van der Waals surface area contributed by atoms with E-state index in [1.54, 1.807) is 0 Å². The molecule has 1 unspecified atom stereocenters. The molecule has 112 valence electrons. The van der Waals surface area contributed by atoms with Crippen LogP contribution in [-0.4, -0.2) is 53.7 Å². The van der Waals surface area contributed by atoms with E-state index in [1.165, 1.54) is 19.3 Å². The number of amides is 1. The zero-order valence-corrected chi connectivity index (χ0v) is 13.2. The van der Waals surface area contributed by atoms with Gasteiger partial charge >= 0.3 is 6.09 Å². The number of hydrogen-bond donors (Lipinski definition) is 0. The molecule has 1 aliphatic heterocycles. The molecule has 0 aromatic rings. The minimum atomic E-state index is -0.400. The molecule has 1 heterocycles. The van der Waals surface area contributed by atoms with Gasteiger partial charge in [0.15, 0.2) is 0 Å². The third-order valence-corrected chi connectivity index (χ3v) is 3.58. The van der Waals surface area contributed by atoms with E-state index in [4.69, 9.17) is 4.74 Å². The Bertz CT molecular complexity index is 278. The monoisotopic (exact) mass is 270 g/mol. The zero-order valence-electron chi connectivity index (χ0n) is 13.2. The lowest BCUT2D eigenvalue weighted by Crippen LogP contribution is -2.52. The van der Waals surface area contributed by atoms with Crippen molar-refractivity contribution in [2.75, 3.05) is 26.2 Å². The van der Waals surface area contributed by atoms with Crippen LogP contribution in [-0.2, 0) is 4.74 Å². The summed E-state index contributed by atoms with van der Waals surface area (Å²) in [6.07, 6.45) is 3.50. The van der Waals surface area contributed by atoms with E-state index in [1.807, 2.05) is 25.7 Å². The standard InChI is InChI=1S/C15H30N2O2/c1-6-8-13(7-2)16-9-11-17(12-10-16)14(18)19-15(3,4)5/h13H,6-12H2,1-5H3. The number of nitrogens with zero attached hydrogens (tertiary/aromatic N) is 2. The highest BCUT2D eigenvalue weighted by Crippen LogP contribution is 2.16. The summed E-state index contributed by atoms with van der Waals surface area (Å²) in [6.45, 7) is 13.7. The Labute approximate surface area is 118 Å². The molecule has 0 N–H and O–H groups in total. The van der Waals surface area contributed by atoms with E-state index in [0.717, 1.165) is 26.2 Å². The van der Waals surface area contributed by atoms with Gasteiger partial charge in [0.2, 0.25) is 0 Å². The van der Waals surface area contributed by atoms with Crippen LogP contribution in [0.5, 0.6) is 0 Å². The van der Waals surface area contributed by atoms with Crippen LogP contribution in [0.2, 0.25) is 0 Å². The Morgan fingerprint density at radius 2 is 1.74 bits per heavy atom. The van der Waals surface area contributed by atoms with Gasteiger partial charge in [-0.15, -0.1) is 0 Å². The number of carbonyl (C=O) groups is 1. The van der Waals surface area contributed by atoms with Crippen molar-refractivity contribution in [3.05, 3.63) is 0 Å². The molecule has 0 spiro atoms. The Balaban J connectivity index is 2.42. The summed E-state index contributed by atoms with van der Waals surface area (Å²) < 4.78 is 5.42. The van der Waals surface area contributed by atoms with E-state index < -0.39 is 5.60 Å². The molecule has 1 amide bonds. The van der Waals surface area contributed by atoms with Gasteiger partial charge in [-0.1, -0.05) is 20.3 Å². The summed E-state index contributed by atoms with van der Waals surface area (Å²) in [5.74, 6) is 0. The molecule has 4 nitrogen and oxygen atoms in total. The molecule has 4 heteroatoms. The molecule has 1 saturated heterocycles. The first-order valence-corrected chi connectivity index (χ1v) is 7.59. The molecule has 0 radical (unpaired) electrons. The van der Waals surface area contributed by atoms with E-state index in [-0.39, 0.29) is 6.09 Å². The molecule has 0 aromatic heterocycles. The number of ether oxygens (including phenoxy) is 1. The van der Waals surface area contributed by atoms with Crippen molar-refractivity contribution in [3.8, 4) is 0 Å². The molecule has 19 heavy (non-hydrogen) atoms. The highest BCUT2D eigenvalue weighted by Gasteiger charge is 2.27. The molecule has 0 bridgehead atoms. The van der Waals surface area contributed by atoms with Gasteiger partial charge in [-0.25, -0.2) is 4.79 Å². The fraction of sp³-hybridized carbons (Fsp3) is 0.933. The SMILES string of the molecule is CCCC(CC)N1CCN(C(=O)OC(C)(C)C)CC1. The zero-order chi connectivity index (χ0) is 14.5. The van der Waals surface area contributed by atoms with Gasteiger partial charge < -0.3 is 9.64 Å². The van der Waals surface area contributed by atoms with Gasteiger partial charge in [0.05, 0.1) is 0 Å². The Morgan fingerprint density at radius 1 is 1.16 bits per heavy atom. The summed E-state index contributed by atoms with van der Waals surface area (Å²) in [5.41, 5.74) is -0.400. The van der Waals surface area contributed by atoms with Crippen LogP contribution in [0.4, 0.5) is 4.79 Å². The largest absolute Gasteiger partial charge is 0.444 e. The molecule has 1 aliphatic rings. The Kier molecular flexibility index (Phi) is 6.11. The number of rotatable bonds is 4. The second kappa shape index (κ2) is 7.13. The van der Waals surface area contributed by atoms with Crippen molar-refractivity contribution in [1.29, 1.82) is 0 Å². The molecule has 0 aromatic carbocycles. The Morgan fingerprint density at radius 3 is 2.16 bits per heavy atom. The third kappa shape index (κ3) is 5.39. The maximum absolute atomic E-state index is 12.0. The van der Waals surface area contributed by atoms with Gasteiger partial charge in [0.25, 0.3) is 0 Å². The fourth-order valence-corrected chi connectivity index (χ4v) is 2.57. The second-order valence-corrected chi connectivity index (χ2v) is 6.35. The van der Waals surface area contributed by atoms with Crippen LogP contribution in [0.25, 0.3) is 0 Å². The van der Waals surface area contributed by atoms with Crippen molar-refractivity contribution in [2.24, 2.45) is 0 Å². The summed E-state index contributed by atoms with van der Waals surface area (Å²) in [5, 5.41) is 0. The summed E-state index contributed by atoms with van der Waals surface area (Å²) in [6, 6.07) is 0.672. The predicted octanol–water partition coefficient (Wildman–Crippen LogP) is 3.12. The fourth-order valence-electron chi connectivity index (χ4n) is 2.57. The van der Waals surface area contributed by atoms with Crippen LogP contribution in [0.3, 0.4) is 0 Å². The van der Waals surface area contributed by atoms with Crippen molar-refractivity contribution in [3.63, 3.8) is 0 Å². The van der Waals surface area contributed by atoms with E-state index in [2.05, 4.69) is 18.7 Å². The maximum atomic E-state index is 12.0. The lowest BCUT2D eigenvalue weighted by Gasteiger charge is -2.39. The van der Waals surface area contributed by atoms with Gasteiger partial charge in [-0.05, 0) is 33.6 Å². The van der Waals surface area contributed by atoms with Crippen molar-refractivity contribution in [2.45, 2.75) is 65.5 Å². The Hall–Kier alpha value is -0.770. The van der Waals surface area contributed by atoms with Crippen molar-refractivity contribution >= 4 is 6.09 Å². The summed E-state index contributed by atoms with van der Waals surface area (Å²) in [4.78, 5) is 16.3. The second-order valence-electron chi connectivity index (χ2n) is 6.35. The van der Waals surface area contributed by atoms with Crippen LogP contribution >= 0.6 is 0 Å². The smallest absolute Gasteiger partial charge is 0.410 e. The minimum Gasteiger partial charge on any atom is -0.444 e. The van der Waals surface area contributed by atoms with Gasteiger partial charge in [-0.2, -0.15) is 0 Å². The van der Waals surface area contributed by atoms with E-state index in [0.29, 0.717) is 6.04 Å². The van der Waals surface area contributed by atoms with Crippen molar-refractivity contribution < 1.29 is 9.53 Å². The molecule has 0 aliphatic carbocycles. The van der Waals surface area contributed by atoms with Crippen LogP contribution in [0.1, 0.15) is 53.9 Å². The van der Waals surface area contributed by atoms with Crippen LogP contribution < -0.4 is 0 Å². The van der Waals surface area contributed by atoms with Gasteiger partial charge in [0, 0.05) is 32.2 Å². The normalized spacial score (nSPS) is 19.3. The predicted molar refractivity (Wildman–Crippen MR) is 78.4 cm³/mol. The molecular formula is C15H30N2O2. The van der Waals surface area contributed by atoms with Crippen LogP contribution in [0.15, 0.2) is 0 Å². The molecule has 0 saturated carbocycles. The lowest BCUT2D eigenvalue weighted by molar-refractivity contribution is 0.00961. The summed E-state index contributed by atoms with van der Waals surface area (Å²) in [7, 11) is 0. The molecule has 1 rings (SSSR count). The molecular weight excluding hydrogens is 240 g/mol. The third-order valence-electron chi connectivity index (χ3n) is 3.58. The summed E-state index contributed by atoms with van der Waals surface area (Å²) >= 11 is 0. The average molecular weight is 270 g/mol. The van der Waals surface area contributed by atoms with Crippen molar-refractivity contribution in [1.82, 2.24) is 9.80 Å². The lowest BCUT2D eigenvalue weighted by atomic mass is 10.1. The maximum Gasteiger partial charge on any atom is 0.410 e. The topological polar surface area (TPSA) is 32.8 Å². The number of hydrogen-bond acceptors (Lipinski definition) is 3. The first-order valence-electron chi connectivity index (χ1n) is 7.59. The van der Waals surface area contributed by atoms with Gasteiger partial charge in [-0.3, -0.25) is 4.90 Å². The first kappa shape index (κ1) is 16.3. The quantitative estimate of drug-likeness (QED) is 0.787. The van der Waals surface area contributed by atoms with E-state index >= 15 is 0 Å². The van der Waals surface area contributed by atoms with E-state index in [9.17, 15) is 4.79 Å². The van der Waals surface area contributed by atoms with Gasteiger partial charge in [0.1, 0.15) is 5.60 Å². The molecule has 1 atom stereocenters. The number of piperazine rings is 1. The first-order chi connectivity index (χ1) is 8.87. The average Bonchev–Trinajstić information content (AvgIpc) is 2.34. The molecule has 1 fully saturated rings. The minimum absolute atomic E-state index is 0.171. The highest BCUT2D eigenvalue weighted by molar-refractivity contribution is 5.68. The number of carbonyl (C=O) groups excluding carboxylic acids is 1. The highest BCUT2D eigenvalue weighted by atomic mass is 16.6. The van der Waals surface area contributed by atoms with Crippen LogP contribution in [0, 0.1) is 0 Å².